The molecule has 1 aromatic rings. The Kier molecular flexibility index (Phi) is 4.15. The Morgan fingerprint density at radius 1 is 1.44 bits per heavy atom. The lowest BCUT2D eigenvalue weighted by atomic mass is 9.95. The maximum absolute atomic E-state index is 12.3. The van der Waals surface area contributed by atoms with Gasteiger partial charge in [0.2, 0.25) is 0 Å². The maximum Gasteiger partial charge on any atom is 0.255 e. The monoisotopic (exact) mass is 287 g/mol. The summed E-state index contributed by atoms with van der Waals surface area (Å²) < 4.78 is 0. The van der Waals surface area contributed by atoms with Crippen LogP contribution < -0.4 is 0 Å². The molecule has 0 aromatic heterocycles. The molecule has 98 valence electrons. The van der Waals surface area contributed by atoms with Crippen molar-refractivity contribution >= 4 is 29.1 Å². The van der Waals surface area contributed by atoms with Crippen LogP contribution in [0.3, 0.4) is 0 Å². The number of hydrogen-bond acceptors (Lipinski definition) is 2. The molecule has 1 saturated heterocycles. The van der Waals surface area contributed by atoms with Gasteiger partial charge in [-0.1, -0.05) is 36.2 Å². The zero-order chi connectivity index (χ0) is 13.3. The lowest BCUT2D eigenvalue weighted by molar-refractivity contribution is 0.0249. The van der Waals surface area contributed by atoms with Gasteiger partial charge in [-0.2, -0.15) is 0 Å². The van der Waals surface area contributed by atoms with E-state index in [-0.39, 0.29) is 16.8 Å². The number of halogens is 2. The highest BCUT2D eigenvalue weighted by Gasteiger charge is 2.28. The first kappa shape index (κ1) is 13.7. The van der Waals surface area contributed by atoms with Crippen LogP contribution in [0.25, 0.3) is 0 Å². The molecule has 0 aliphatic carbocycles. The van der Waals surface area contributed by atoms with Gasteiger partial charge in [0.05, 0.1) is 21.7 Å². The number of piperidine rings is 1. The molecule has 5 heteroatoms. The molecular formula is C13H15Cl2NO2. The van der Waals surface area contributed by atoms with Gasteiger partial charge in [0.15, 0.2) is 0 Å². The Bertz CT molecular complexity index is 464. The van der Waals surface area contributed by atoms with Crippen LogP contribution in [0.15, 0.2) is 18.2 Å². The maximum atomic E-state index is 12.3. The third-order valence-electron chi connectivity index (χ3n) is 3.39. The van der Waals surface area contributed by atoms with Crippen molar-refractivity contribution in [1.29, 1.82) is 0 Å². The standard InChI is InChI=1S/C13H15Cl2NO2/c1-8-5-6-16(7-11(8)17)13(18)9-3-2-4-10(14)12(9)15/h2-4,8,11,17H,5-7H2,1H3. The van der Waals surface area contributed by atoms with Gasteiger partial charge < -0.3 is 10.0 Å². The van der Waals surface area contributed by atoms with Gasteiger partial charge in [-0.15, -0.1) is 0 Å². The molecule has 1 aliphatic heterocycles. The van der Waals surface area contributed by atoms with Gasteiger partial charge in [-0.25, -0.2) is 0 Å². The van der Waals surface area contributed by atoms with Crippen molar-refractivity contribution in [2.45, 2.75) is 19.4 Å². The van der Waals surface area contributed by atoms with E-state index in [1.165, 1.54) is 0 Å². The molecule has 18 heavy (non-hydrogen) atoms. The summed E-state index contributed by atoms with van der Waals surface area (Å²) in [4.78, 5) is 13.9. The first-order valence-corrected chi connectivity index (χ1v) is 6.67. The molecule has 0 bridgehead atoms. The van der Waals surface area contributed by atoms with Crippen molar-refractivity contribution in [1.82, 2.24) is 4.90 Å². The summed E-state index contributed by atoms with van der Waals surface area (Å²) in [5.74, 6) is 0.0531. The summed E-state index contributed by atoms with van der Waals surface area (Å²) in [5, 5.41) is 10.5. The first-order valence-electron chi connectivity index (χ1n) is 5.92. The number of benzene rings is 1. The molecule has 1 amide bonds. The van der Waals surface area contributed by atoms with Crippen LogP contribution in [0, 0.1) is 5.92 Å². The fourth-order valence-corrected chi connectivity index (χ4v) is 2.45. The van der Waals surface area contributed by atoms with Crippen LogP contribution in [0.1, 0.15) is 23.7 Å². The van der Waals surface area contributed by atoms with Gasteiger partial charge in [-0.05, 0) is 24.5 Å². The van der Waals surface area contributed by atoms with Crippen molar-refractivity contribution in [3.05, 3.63) is 33.8 Å². The summed E-state index contributed by atoms with van der Waals surface area (Å²) in [7, 11) is 0. The normalized spacial score (nSPS) is 24.1. The lowest BCUT2D eigenvalue weighted by Gasteiger charge is -2.34. The van der Waals surface area contributed by atoms with E-state index >= 15 is 0 Å². The Labute approximate surface area is 116 Å². The van der Waals surface area contributed by atoms with Crippen LogP contribution in [0.2, 0.25) is 10.0 Å². The van der Waals surface area contributed by atoms with E-state index < -0.39 is 6.10 Å². The average Bonchev–Trinajstić information content (AvgIpc) is 2.35. The zero-order valence-electron chi connectivity index (χ0n) is 10.1. The van der Waals surface area contributed by atoms with E-state index in [9.17, 15) is 9.90 Å². The van der Waals surface area contributed by atoms with E-state index in [4.69, 9.17) is 23.2 Å². The van der Waals surface area contributed by atoms with E-state index in [1.807, 2.05) is 6.92 Å². The lowest BCUT2D eigenvalue weighted by Crippen LogP contribution is -2.45. The van der Waals surface area contributed by atoms with Gasteiger partial charge in [0, 0.05) is 13.1 Å². The Morgan fingerprint density at radius 3 is 2.83 bits per heavy atom. The van der Waals surface area contributed by atoms with Gasteiger partial charge in [-0.3, -0.25) is 4.79 Å². The highest BCUT2D eigenvalue weighted by atomic mass is 35.5. The third-order valence-corrected chi connectivity index (χ3v) is 4.21. The Balaban J connectivity index is 2.19. The average molecular weight is 288 g/mol. The second kappa shape index (κ2) is 5.47. The molecule has 2 atom stereocenters. The van der Waals surface area contributed by atoms with E-state index in [0.717, 1.165) is 6.42 Å². The van der Waals surface area contributed by atoms with Crippen LogP contribution >= 0.6 is 23.2 Å². The predicted molar refractivity (Wildman–Crippen MR) is 72.2 cm³/mol. The largest absolute Gasteiger partial charge is 0.391 e. The summed E-state index contributed by atoms with van der Waals surface area (Å²) in [6.07, 6.45) is 0.325. The van der Waals surface area contributed by atoms with Crippen molar-refractivity contribution in [2.24, 2.45) is 5.92 Å². The van der Waals surface area contributed by atoms with E-state index in [0.29, 0.717) is 23.7 Å². The topological polar surface area (TPSA) is 40.5 Å². The Morgan fingerprint density at radius 2 is 2.17 bits per heavy atom. The number of likely N-dealkylation sites (tertiary alicyclic amines) is 1. The minimum Gasteiger partial charge on any atom is -0.391 e. The highest BCUT2D eigenvalue weighted by molar-refractivity contribution is 6.43. The van der Waals surface area contributed by atoms with Gasteiger partial charge in [0.1, 0.15) is 0 Å². The quantitative estimate of drug-likeness (QED) is 0.863. The number of rotatable bonds is 1. The smallest absolute Gasteiger partial charge is 0.255 e. The molecule has 2 rings (SSSR count). The summed E-state index contributed by atoms with van der Waals surface area (Å²) >= 11 is 11.9. The van der Waals surface area contributed by atoms with Crippen molar-refractivity contribution in [2.75, 3.05) is 13.1 Å². The number of amides is 1. The number of carbonyl (C=O) groups is 1. The van der Waals surface area contributed by atoms with Crippen molar-refractivity contribution in [3.8, 4) is 0 Å². The van der Waals surface area contributed by atoms with Crippen LogP contribution in [-0.2, 0) is 0 Å². The predicted octanol–water partition coefficient (Wildman–Crippen LogP) is 2.84. The number of carbonyl (C=O) groups excluding carboxylic acids is 1. The number of aliphatic hydroxyl groups excluding tert-OH is 1. The molecule has 1 aromatic carbocycles. The Hall–Kier alpha value is -0.770. The molecule has 2 unspecified atom stereocenters. The zero-order valence-corrected chi connectivity index (χ0v) is 11.6. The van der Waals surface area contributed by atoms with Crippen LogP contribution in [-0.4, -0.2) is 35.1 Å². The molecule has 1 aliphatic rings. The summed E-state index contributed by atoms with van der Waals surface area (Å²) in [5.41, 5.74) is 0.394. The van der Waals surface area contributed by atoms with Crippen molar-refractivity contribution < 1.29 is 9.90 Å². The third kappa shape index (κ3) is 2.63. The number of aliphatic hydroxyl groups is 1. The summed E-state index contributed by atoms with van der Waals surface area (Å²) in [6, 6.07) is 5.00. The number of hydrogen-bond donors (Lipinski definition) is 1. The van der Waals surface area contributed by atoms with E-state index in [1.54, 1.807) is 23.1 Å². The van der Waals surface area contributed by atoms with Crippen LogP contribution in [0.5, 0.6) is 0 Å². The summed E-state index contributed by atoms with van der Waals surface area (Å²) in [6.45, 7) is 2.97. The van der Waals surface area contributed by atoms with Crippen LogP contribution in [0.4, 0.5) is 0 Å². The highest BCUT2D eigenvalue weighted by Crippen LogP contribution is 2.27. The molecule has 0 saturated carbocycles. The fraction of sp³-hybridized carbons (Fsp3) is 0.462. The van der Waals surface area contributed by atoms with Gasteiger partial charge >= 0.3 is 0 Å². The molecule has 0 spiro atoms. The minimum atomic E-state index is -0.472. The molecule has 1 heterocycles. The van der Waals surface area contributed by atoms with Crippen molar-refractivity contribution in [3.63, 3.8) is 0 Å². The number of β-amino-alcohol motifs (C(OH)–C–C–N with tert-alkyl or cyclic N) is 1. The molecule has 3 nitrogen and oxygen atoms in total. The second-order valence-corrected chi connectivity index (χ2v) is 5.47. The van der Waals surface area contributed by atoms with E-state index in [2.05, 4.69) is 0 Å². The molecule has 1 fully saturated rings. The minimum absolute atomic E-state index is 0.173. The molecule has 1 N–H and O–H groups in total. The number of nitrogens with zero attached hydrogens (tertiary/aromatic N) is 1. The SMILES string of the molecule is CC1CCN(C(=O)c2cccc(Cl)c2Cl)CC1O. The molecule has 0 radical (unpaired) electrons. The van der Waals surface area contributed by atoms with Gasteiger partial charge in [0.25, 0.3) is 5.91 Å². The fourth-order valence-electron chi connectivity index (χ4n) is 2.07. The second-order valence-electron chi connectivity index (χ2n) is 4.69. The molecular weight excluding hydrogens is 273 g/mol. The first-order chi connectivity index (χ1) is 8.50.